The van der Waals surface area contributed by atoms with Gasteiger partial charge in [0.25, 0.3) is 5.91 Å². The van der Waals surface area contributed by atoms with E-state index >= 15 is 0 Å². The van der Waals surface area contributed by atoms with E-state index in [1.54, 1.807) is 18.2 Å². The SMILES string of the molecule is CCOc1ccc(N=C2NC(=O)/C(=C\c3cc(Cl)c(OCc4ccc5ccccc5c4)c(Cl)c3)S2)cc1. The normalized spacial score (nSPS) is 15.4. The van der Waals surface area contributed by atoms with E-state index in [-0.39, 0.29) is 5.91 Å². The maximum atomic E-state index is 12.5. The third kappa shape index (κ3) is 6.10. The largest absolute Gasteiger partial charge is 0.494 e. The van der Waals surface area contributed by atoms with Crippen molar-refractivity contribution in [1.82, 2.24) is 5.32 Å². The Morgan fingerprint density at radius 1 is 0.919 bits per heavy atom. The van der Waals surface area contributed by atoms with Gasteiger partial charge in [0.1, 0.15) is 12.4 Å². The van der Waals surface area contributed by atoms with Crippen LogP contribution in [-0.2, 0) is 11.4 Å². The first-order valence-electron chi connectivity index (χ1n) is 11.6. The van der Waals surface area contributed by atoms with Gasteiger partial charge in [-0.2, -0.15) is 0 Å². The van der Waals surface area contributed by atoms with Gasteiger partial charge in [-0.15, -0.1) is 0 Å². The number of amidine groups is 1. The number of fused-ring (bicyclic) bond motifs is 1. The number of halogens is 2. The maximum Gasteiger partial charge on any atom is 0.264 e. The fraction of sp³-hybridized carbons (Fsp3) is 0.103. The molecule has 0 aliphatic carbocycles. The number of hydrogen-bond donors (Lipinski definition) is 1. The van der Waals surface area contributed by atoms with Crippen molar-refractivity contribution < 1.29 is 14.3 Å². The van der Waals surface area contributed by atoms with E-state index in [0.29, 0.717) is 50.3 Å². The fourth-order valence-electron chi connectivity index (χ4n) is 3.82. The van der Waals surface area contributed by atoms with Gasteiger partial charge in [0.05, 0.1) is 27.2 Å². The quantitative estimate of drug-likeness (QED) is 0.237. The molecule has 1 heterocycles. The summed E-state index contributed by atoms with van der Waals surface area (Å²) >= 11 is 14.3. The molecule has 0 aromatic heterocycles. The summed E-state index contributed by atoms with van der Waals surface area (Å²) in [4.78, 5) is 17.5. The lowest BCUT2D eigenvalue weighted by Crippen LogP contribution is -2.19. The zero-order valence-electron chi connectivity index (χ0n) is 19.8. The summed E-state index contributed by atoms with van der Waals surface area (Å²) in [6.07, 6.45) is 1.73. The predicted molar refractivity (Wildman–Crippen MR) is 153 cm³/mol. The molecule has 0 spiro atoms. The summed E-state index contributed by atoms with van der Waals surface area (Å²) in [5.41, 5.74) is 2.41. The average molecular weight is 549 g/mol. The van der Waals surface area contributed by atoms with Gasteiger partial charge < -0.3 is 14.8 Å². The van der Waals surface area contributed by atoms with Gasteiger partial charge in [0, 0.05) is 0 Å². The van der Waals surface area contributed by atoms with Crippen LogP contribution in [0.5, 0.6) is 11.5 Å². The van der Waals surface area contributed by atoms with Crippen LogP contribution in [0.4, 0.5) is 5.69 Å². The van der Waals surface area contributed by atoms with Gasteiger partial charge >= 0.3 is 0 Å². The van der Waals surface area contributed by atoms with Gasteiger partial charge in [-0.1, -0.05) is 59.6 Å². The van der Waals surface area contributed by atoms with Crippen LogP contribution in [-0.4, -0.2) is 17.7 Å². The summed E-state index contributed by atoms with van der Waals surface area (Å²) in [6.45, 7) is 2.85. The van der Waals surface area contributed by atoms with Crippen LogP contribution < -0.4 is 14.8 Å². The molecule has 5 nitrogen and oxygen atoms in total. The van der Waals surface area contributed by atoms with Crippen LogP contribution in [0.15, 0.2) is 88.8 Å². The van der Waals surface area contributed by atoms with Crippen LogP contribution in [0.1, 0.15) is 18.1 Å². The molecule has 4 aromatic carbocycles. The summed E-state index contributed by atoms with van der Waals surface area (Å²) in [7, 11) is 0. The van der Waals surface area contributed by atoms with Crippen LogP contribution in [0.25, 0.3) is 16.8 Å². The van der Waals surface area contributed by atoms with Crippen LogP contribution in [0.2, 0.25) is 10.0 Å². The Balaban J connectivity index is 1.28. The van der Waals surface area contributed by atoms with E-state index in [9.17, 15) is 4.79 Å². The highest BCUT2D eigenvalue weighted by molar-refractivity contribution is 8.18. The molecule has 37 heavy (non-hydrogen) atoms. The number of rotatable bonds is 7. The van der Waals surface area contributed by atoms with Crippen LogP contribution >= 0.6 is 35.0 Å². The minimum absolute atomic E-state index is 0.237. The Hall–Kier alpha value is -3.45. The maximum absolute atomic E-state index is 12.5. The molecule has 5 rings (SSSR count). The second kappa shape index (κ2) is 11.3. The number of ether oxygens (including phenoxy) is 2. The monoisotopic (exact) mass is 548 g/mol. The molecule has 4 aromatic rings. The molecule has 1 saturated heterocycles. The van der Waals surface area contributed by atoms with Crippen molar-refractivity contribution in [2.24, 2.45) is 4.99 Å². The number of aliphatic imine (C=N–C) groups is 1. The Labute approximate surface area is 229 Å². The van der Waals surface area contributed by atoms with Crippen molar-refractivity contribution in [3.8, 4) is 11.5 Å². The van der Waals surface area contributed by atoms with E-state index in [1.165, 1.54) is 17.1 Å². The Kier molecular flexibility index (Phi) is 7.70. The number of nitrogens with zero attached hydrogens (tertiary/aromatic N) is 1. The van der Waals surface area contributed by atoms with E-state index in [0.717, 1.165) is 16.7 Å². The Morgan fingerprint density at radius 2 is 1.65 bits per heavy atom. The molecule has 186 valence electrons. The average Bonchev–Trinajstić information content (AvgIpc) is 3.22. The second-order valence-corrected chi connectivity index (χ2v) is 10.0. The van der Waals surface area contributed by atoms with Crippen molar-refractivity contribution >= 4 is 68.6 Å². The minimum Gasteiger partial charge on any atom is -0.494 e. The number of thioether (sulfide) groups is 1. The number of benzene rings is 4. The van der Waals surface area contributed by atoms with Gasteiger partial charge in [-0.3, -0.25) is 4.79 Å². The first-order valence-corrected chi connectivity index (χ1v) is 13.2. The number of nitrogens with one attached hydrogen (secondary N) is 1. The third-order valence-electron chi connectivity index (χ3n) is 5.54. The number of carbonyl (C=O) groups excluding carboxylic acids is 1. The highest BCUT2D eigenvalue weighted by Gasteiger charge is 2.24. The zero-order valence-corrected chi connectivity index (χ0v) is 22.2. The smallest absolute Gasteiger partial charge is 0.264 e. The van der Waals surface area contributed by atoms with Crippen LogP contribution in [0.3, 0.4) is 0 Å². The second-order valence-electron chi connectivity index (χ2n) is 8.19. The van der Waals surface area contributed by atoms with Crippen molar-refractivity contribution in [1.29, 1.82) is 0 Å². The van der Waals surface area contributed by atoms with Gasteiger partial charge in [0.15, 0.2) is 10.9 Å². The number of hydrogen-bond acceptors (Lipinski definition) is 5. The van der Waals surface area contributed by atoms with E-state index in [4.69, 9.17) is 32.7 Å². The number of amides is 1. The molecule has 1 fully saturated rings. The highest BCUT2D eigenvalue weighted by atomic mass is 35.5. The molecule has 0 radical (unpaired) electrons. The molecule has 0 atom stereocenters. The Morgan fingerprint density at radius 3 is 2.38 bits per heavy atom. The summed E-state index contributed by atoms with van der Waals surface area (Å²) in [6, 6.07) is 25.1. The first-order chi connectivity index (χ1) is 18.0. The summed E-state index contributed by atoms with van der Waals surface area (Å²) < 4.78 is 11.4. The fourth-order valence-corrected chi connectivity index (χ4v) is 5.27. The van der Waals surface area contributed by atoms with Crippen molar-refractivity contribution in [2.45, 2.75) is 13.5 Å². The lowest BCUT2D eigenvalue weighted by atomic mass is 10.1. The third-order valence-corrected chi connectivity index (χ3v) is 7.02. The molecule has 1 N–H and O–H groups in total. The molecule has 1 amide bonds. The van der Waals surface area contributed by atoms with Crippen molar-refractivity contribution in [2.75, 3.05) is 6.61 Å². The Bertz CT molecular complexity index is 1510. The topological polar surface area (TPSA) is 59.9 Å². The first kappa shape index (κ1) is 25.2. The highest BCUT2D eigenvalue weighted by Crippen LogP contribution is 2.37. The zero-order chi connectivity index (χ0) is 25.8. The molecule has 0 bridgehead atoms. The molecular weight excluding hydrogens is 527 g/mol. The van der Waals surface area contributed by atoms with E-state index in [2.05, 4.69) is 34.6 Å². The van der Waals surface area contributed by atoms with Gasteiger partial charge in [-0.05, 0) is 89.1 Å². The molecule has 8 heteroatoms. The van der Waals surface area contributed by atoms with E-state index < -0.39 is 0 Å². The standard InChI is InChI=1S/C29H22Cl2N2O3S/c1-2-35-23-11-9-22(10-12-23)32-29-33-28(34)26(37-29)16-19-14-24(30)27(25(31)15-19)36-17-18-7-8-20-5-3-4-6-21(20)13-18/h3-16H,2,17H2,1H3,(H,32,33,34)/b26-16+. The molecule has 0 unspecified atom stereocenters. The lowest BCUT2D eigenvalue weighted by Gasteiger charge is -2.12. The molecule has 0 saturated carbocycles. The molecule has 1 aliphatic heterocycles. The lowest BCUT2D eigenvalue weighted by molar-refractivity contribution is -0.115. The van der Waals surface area contributed by atoms with Crippen molar-refractivity contribution in [3.63, 3.8) is 0 Å². The number of carbonyl (C=O) groups is 1. The van der Waals surface area contributed by atoms with Crippen molar-refractivity contribution in [3.05, 3.63) is 105 Å². The van der Waals surface area contributed by atoms with Gasteiger partial charge in [-0.25, -0.2) is 4.99 Å². The minimum atomic E-state index is -0.237. The molecule has 1 aliphatic rings. The van der Waals surface area contributed by atoms with Gasteiger partial charge in [0.2, 0.25) is 0 Å². The van der Waals surface area contributed by atoms with E-state index in [1.807, 2.05) is 49.4 Å². The van der Waals surface area contributed by atoms with Crippen LogP contribution in [0, 0.1) is 0 Å². The summed E-state index contributed by atoms with van der Waals surface area (Å²) in [5.74, 6) is 0.937. The molecular formula is C29H22Cl2N2O3S. The summed E-state index contributed by atoms with van der Waals surface area (Å²) in [5, 5.41) is 6.32. The predicted octanol–water partition coefficient (Wildman–Crippen LogP) is 8.02.